The van der Waals surface area contributed by atoms with Crippen LogP contribution in [0.4, 0.5) is 10.5 Å². The Kier molecular flexibility index (Phi) is 6.42. The molecule has 7 nitrogen and oxygen atoms in total. The number of benzene rings is 1. The number of nitrogens with zero attached hydrogens (tertiary/aromatic N) is 4. The Morgan fingerprint density at radius 3 is 2.55 bits per heavy atom. The quantitative estimate of drug-likeness (QED) is 0.745. The Balaban J connectivity index is 1.31. The summed E-state index contributed by atoms with van der Waals surface area (Å²) in [5, 5.41) is 13.1. The van der Waals surface area contributed by atoms with Crippen molar-refractivity contribution < 1.29 is 9.59 Å². The lowest BCUT2D eigenvalue weighted by Gasteiger charge is -2.34. The van der Waals surface area contributed by atoms with E-state index in [0.29, 0.717) is 36.8 Å². The van der Waals surface area contributed by atoms with Gasteiger partial charge in [0.05, 0.1) is 11.3 Å². The number of para-hydroxylation sites is 1. The second-order valence-corrected chi connectivity index (χ2v) is 8.72. The summed E-state index contributed by atoms with van der Waals surface area (Å²) >= 11 is 1.34. The number of fused-ring (bicyclic) bond motifs is 1. The van der Waals surface area contributed by atoms with Crippen LogP contribution in [0.1, 0.15) is 28.8 Å². The lowest BCUT2D eigenvalue weighted by molar-refractivity contribution is -0.129. The van der Waals surface area contributed by atoms with Gasteiger partial charge < -0.3 is 15.1 Å². The van der Waals surface area contributed by atoms with Gasteiger partial charge in [0.2, 0.25) is 5.91 Å². The third-order valence-corrected chi connectivity index (χ3v) is 6.82. The van der Waals surface area contributed by atoms with Gasteiger partial charge in [-0.15, -0.1) is 0 Å². The van der Waals surface area contributed by atoms with Gasteiger partial charge in [0, 0.05) is 37.6 Å². The van der Waals surface area contributed by atoms with Gasteiger partial charge in [-0.05, 0) is 49.4 Å². The first-order valence-electron chi connectivity index (χ1n) is 10.5. The first-order chi connectivity index (χ1) is 15.1. The van der Waals surface area contributed by atoms with Crippen molar-refractivity contribution in [2.45, 2.75) is 31.2 Å². The summed E-state index contributed by atoms with van der Waals surface area (Å²) in [4.78, 5) is 33.3. The van der Waals surface area contributed by atoms with Gasteiger partial charge in [-0.3, -0.25) is 4.79 Å². The monoisotopic (exact) mass is 435 g/mol. The van der Waals surface area contributed by atoms with Gasteiger partial charge >= 0.3 is 6.03 Å². The maximum absolute atomic E-state index is 12.7. The molecule has 1 fully saturated rings. The first kappa shape index (κ1) is 21.2. The summed E-state index contributed by atoms with van der Waals surface area (Å²) in [7, 11) is 0. The molecule has 3 amide bonds. The molecule has 1 N–H and O–H groups in total. The number of anilines is 1. The minimum Gasteiger partial charge on any atom is -0.338 e. The molecule has 2 aliphatic rings. The number of aromatic nitrogens is 1. The molecule has 0 atom stereocenters. The SMILES string of the molecule is Cc1c(C#N)c(SCC(=O)N2CCN(C(=O)Nc3ccccc3)CC2)nc2c1CCC2. The number of thioether (sulfide) groups is 1. The molecule has 2 heterocycles. The highest BCUT2D eigenvalue weighted by molar-refractivity contribution is 8.00. The molecular weight excluding hydrogens is 410 g/mol. The van der Waals surface area contributed by atoms with Crippen molar-refractivity contribution in [3.05, 3.63) is 52.7 Å². The molecule has 1 aromatic carbocycles. The summed E-state index contributed by atoms with van der Waals surface area (Å²) in [6.45, 7) is 3.98. The number of carbonyl (C=O) groups excluding carboxylic acids is 2. The maximum atomic E-state index is 12.7. The summed E-state index contributed by atoms with van der Waals surface area (Å²) in [6, 6.07) is 11.5. The summed E-state index contributed by atoms with van der Waals surface area (Å²) in [5.41, 5.74) is 4.65. The number of nitriles is 1. The molecule has 0 spiro atoms. The van der Waals surface area contributed by atoms with E-state index in [4.69, 9.17) is 0 Å². The van der Waals surface area contributed by atoms with Crippen molar-refractivity contribution in [1.29, 1.82) is 5.26 Å². The van der Waals surface area contributed by atoms with Gasteiger partial charge in [-0.1, -0.05) is 30.0 Å². The molecule has 8 heteroatoms. The number of hydrogen-bond donors (Lipinski definition) is 1. The highest BCUT2D eigenvalue weighted by atomic mass is 32.2. The van der Waals surface area contributed by atoms with Crippen LogP contribution in [0, 0.1) is 18.3 Å². The van der Waals surface area contributed by atoms with E-state index in [2.05, 4.69) is 16.4 Å². The van der Waals surface area contributed by atoms with E-state index in [1.165, 1.54) is 17.3 Å². The van der Waals surface area contributed by atoms with Crippen molar-refractivity contribution in [2.75, 3.05) is 37.2 Å². The molecule has 4 rings (SSSR count). The van der Waals surface area contributed by atoms with E-state index in [0.717, 1.165) is 36.2 Å². The number of amides is 3. The van der Waals surface area contributed by atoms with Gasteiger partial charge in [0.25, 0.3) is 0 Å². The Labute approximate surface area is 186 Å². The molecule has 1 saturated heterocycles. The highest BCUT2D eigenvalue weighted by Gasteiger charge is 2.26. The fourth-order valence-corrected chi connectivity index (χ4v) is 5.05. The summed E-state index contributed by atoms with van der Waals surface area (Å²) < 4.78 is 0. The van der Waals surface area contributed by atoms with Crippen molar-refractivity contribution in [2.24, 2.45) is 0 Å². The van der Waals surface area contributed by atoms with Gasteiger partial charge in [0.15, 0.2) is 0 Å². The number of aryl methyl sites for hydroxylation is 1. The fourth-order valence-electron chi connectivity index (χ4n) is 4.09. The zero-order valence-corrected chi connectivity index (χ0v) is 18.4. The van der Waals surface area contributed by atoms with Gasteiger partial charge in [-0.2, -0.15) is 5.26 Å². The third-order valence-electron chi connectivity index (χ3n) is 5.86. The van der Waals surface area contributed by atoms with Crippen LogP contribution in [0.25, 0.3) is 0 Å². The fraction of sp³-hybridized carbons (Fsp3) is 0.391. The summed E-state index contributed by atoms with van der Waals surface area (Å²) in [6.07, 6.45) is 2.99. The highest BCUT2D eigenvalue weighted by Crippen LogP contribution is 2.31. The van der Waals surface area contributed by atoms with E-state index >= 15 is 0 Å². The van der Waals surface area contributed by atoms with Crippen LogP contribution in [0.2, 0.25) is 0 Å². The molecule has 1 aliphatic heterocycles. The van der Waals surface area contributed by atoms with Crippen molar-refractivity contribution in [3.63, 3.8) is 0 Å². The van der Waals surface area contributed by atoms with Crippen LogP contribution in [0.15, 0.2) is 35.4 Å². The van der Waals surface area contributed by atoms with Crippen LogP contribution < -0.4 is 5.32 Å². The van der Waals surface area contributed by atoms with Crippen molar-refractivity contribution >= 4 is 29.4 Å². The molecule has 1 aromatic heterocycles. The van der Waals surface area contributed by atoms with E-state index < -0.39 is 0 Å². The lowest BCUT2D eigenvalue weighted by Crippen LogP contribution is -2.52. The minimum absolute atomic E-state index is 0.0111. The average molecular weight is 436 g/mol. The molecule has 0 unspecified atom stereocenters. The number of rotatable bonds is 4. The van der Waals surface area contributed by atoms with Crippen LogP contribution in [-0.2, 0) is 17.6 Å². The van der Waals surface area contributed by atoms with Crippen LogP contribution in [0.5, 0.6) is 0 Å². The Bertz CT molecular complexity index is 1030. The number of hydrogen-bond acceptors (Lipinski definition) is 5. The van der Waals surface area contributed by atoms with Crippen LogP contribution in [0.3, 0.4) is 0 Å². The van der Waals surface area contributed by atoms with Crippen molar-refractivity contribution in [1.82, 2.24) is 14.8 Å². The smallest absolute Gasteiger partial charge is 0.321 e. The standard InChI is InChI=1S/C23H25N5O2S/c1-16-18-8-5-9-20(18)26-22(19(16)14-24)31-15-21(29)27-10-12-28(13-11-27)23(30)25-17-6-3-2-4-7-17/h2-4,6-7H,5,8-13,15H2,1H3,(H,25,30). The molecule has 1 aliphatic carbocycles. The lowest BCUT2D eigenvalue weighted by atomic mass is 10.0. The molecule has 31 heavy (non-hydrogen) atoms. The average Bonchev–Trinajstić information content (AvgIpc) is 3.27. The van der Waals surface area contributed by atoms with Gasteiger partial charge in [0.1, 0.15) is 11.1 Å². The molecule has 160 valence electrons. The Morgan fingerprint density at radius 1 is 1.13 bits per heavy atom. The predicted molar refractivity (Wildman–Crippen MR) is 120 cm³/mol. The molecular formula is C23H25N5O2S. The second-order valence-electron chi connectivity index (χ2n) is 7.76. The zero-order valence-electron chi connectivity index (χ0n) is 17.6. The Morgan fingerprint density at radius 2 is 1.84 bits per heavy atom. The molecule has 0 saturated carbocycles. The van der Waals surface area contributed by atoms with E-state index in [-0.39, 0.29) is 17.7 Å². The summed E-state index contributed by atoms with van der Waals surface area (Å²) in [5.74, 6) is 0.257. The second kappa shape index (κ2) is 9.40. The molecule has 0 bridgehead atoms. The number of pyridine rings is 1. The Hall–Kier alpha value is -3.05. The van der Waals surface area contributed by atoms with Crippen molar-refractivity contribution in [3.8, 4) is 6.07 Å². The number of nitrogens with one attached hydrogen (secondary N) is 1. The van der Waals surface area contributed by atoms with E-state index in [1.54, 1.807) is 9.80 Å². The maximum Gasteiger partial charge on any atom is 0.321 e. The van der Waals surface area contributed by atoms with Crippen LogP contribution >= 0.6 is 11.8 Å². The number of carbonyl (C=O) groups is 2. The van der Waals surface area contributed by atoms with E-state index in [9.17, 15) is 14.9 Å². The molecule has 0 radical (unpaired) electrons. The third kappa shape index (κ3) is 4.67. The van der Waals surface area contributed by atoms with Gasteiger partial charge in [-0.25, -0.2) is 9.78 Å². The number of urea groups is 1. The molecule has 2 aromatic rings. The largest absolute Gasteiger partial charge is 0.338 e. The van der Waals surface area contributed by atoms with E-state index in [1.807, 2.05) is 37.3 Å². The number of piperazine rings is 1. The normalized spacial score (nSPS) is 15.4. The predicted octanol–water partition coefficient (Wildman–Crippen LogP) is 3.22. The zero-order chi connectivity index (χ0) is 21.8. The first-order valence-corrected chi connectivity index (χ1v) is 11.5. The van der Waals surface area contributed by atoms with Crippen LogP contribution in [-0.4, -0.2) is 58.7 Å². The topological polar surface area (TPSA) is 89.3 Å². The minimum atomic E-state index is -0.149.